The topological polar surface area (TPSA) is 55.2 Å². The summed E-state index contributed by atoms with van der Waals surface area (Å²) >= 11 is 9.31. The van der Waals surface area contributed by atoms with E-state index in [1.54, 1.807) is 18.2 Å². The molecule has 2 aromatic carbocycles. The Morgan fingerprint density at radius 1 is 1.30 bits per heavy atom. The summed E-state index contributed by atoms with van der Waals surface area (Å²) in [5.74, 6) is -0.519. The van der Waals surface area contributed by atoms with Crippen LogP contribution in [0, 0.1) is 15.9 Å². The molecular formula is C13H9BrClFN2O2. The lowest BCUT2D eigenvalue weighted by molar-refractivity contribution is -0.385. The monoisotopic (exact) mass is 358 g/mol. The zero-order valence-corrected chi connectivity index (χ0v) is 12.4. The number of rotatable bonds is 4. The summed E-state index contributed by atoms with van der Waals surface area (Å²) in [6.07, 6.45) is 0. The van der Waals surface area contributed by atoms with E-state index < -0.39 is 10.7 Å². The van der Waals surface area contributed by atoms with Crippen molar-refractivity contribution in [3.8, 4) is 0 Å². The number of halogens is 3. The molecule has 0 saturated heterocycles. The molecule has 0 spiro atoms. The average molecular weight is 360 g/mol. The van der Waals surface area contributed by atoms with Gasteiger partial charge in [0.15, 0.2) is 0 Å². The Morgan fingerprint density at radius 3 is 2.70 bits per heavy atom. The molecule has 0 atom stereocenters. The molecule has 1 N–H and O–H groups in total. The van der Waals surface area contributed by atoms with Crippen LogP contribution in [0.25, 0.3) is 0 Å². The van der Waals surface area contributed by atoms with Gasteiger partial charge in [-0.25, -0.2) is 4.39 Å². The van der Waals surface area contributed by atoms with Crippen LogP contribution in [0.4, 0.5) is 15.8 Å². The Labute approximate surface area is 127 Å². The summed E-state index contributed by atoms with van der Waals surface area (Å²) in [4.78, 5) is 10.3. The summed E-state index contributed by atoms with van der Waals surface area (Å²) in [7, 11) is 0. The van der Waals surface area contributed by atoms with Crippen LogP contribution in [-0.2, 0) is 6.54 Å². The normalized spacial score (nSPS) is 10.3. The Bertz CT molecular complexity index is 667. The molecule has 0 radical (unpaired) electrons. The maximum atomic E-state index is 13.2. The van der Waals surface area contributed by atoms with Gasteiger partial charge in [-0.15, -0.1) is 0 Å². The van der Waals surface area contributed by atoms with E-state index in [9.17, 15) is 14.5 Å². The Morgan fingerprint density at radius 2 is 2.05 bits per heavy atom. The van der Waals surface area contributed by atoms with Gasteiger partial charge in [-0.05, 0) is 30.3 Å². The third kappa shape index (κ3) is 3.46. The summed E-state index contributed by atoms with van der Waals surface area (Å²) in [5, 5.41) is 14.3. The number of nitro benzene ring substituents is 1. The van der Waals surface area contributed by atoms with E-state index in [1.807, 2.05) is 0 Å². The maximum absolute atomic E-state index is 13.2. The van der Waals surface area contributed by atoms with E-state index in [0.29, 0.717) is 10.7 Å². The van der Waals surface area contributed by atoms with Gasteiger partial charge >= 0.3 is 0 Å². The minimum atomic E-state index is -0.542. The number of hydrogen-bond donors (Lipinski definition) is 1. The van der Waals surface area contributed by atoms with Crippen molar-refractivity contribution in [3.63, 3.8) is 0 Å². The second-order valence-corrected chi connectivity index (χ2v) is 5.33. The standard InChI is InChI=1S/C13H9BrClFN2O2/c14-9-1-3-12(11(15)6-9)17-7-8-5-10(16)2-4-13(8)18(19)20/h1-6,17H,7H2. The highest BCUT2D eigenvalue weighted by atomic mass is 79.9. The molecule has 20 heavy (non-hydrogen) atoms. The van der Waals surface area contributed by atoms with Gasteiger partial charge in [0.1, 0.15) is 5.82 Å². The van der Waals surface area contributed by atoms with E-state index in [-0.39, 0.29) is 17.8 Å². The van der Waals surface area contributed by atoms with Gasteiger partial charge in [-0.3, -0.25) is 10.1 Å². The van der Waals surface area contributed by atoms with Gasteiger partial charge in [0.25, 0.3) is 5.69 Å². The smallest absolute Gasteiger partial charge is 0.274 e. The van der Waals surface area contributed by atoms with E-state index in [2.05, 4.69) is 21.2 Å². The van der Waals surface area contributed by atoms with Crippen molar-refractivity contribution in [2.24, 2.45) is 0 Å². The number of nitrogens with one attached hydrogen (secondary N) is 1. The van der Waals surface area contributed by atoms with Crippen molar-refractivity contribution >= 4 is 38.9 Å². The molecule has 0 fully saturated rings. The first-order chi connectivity index (χ1) is 9.47. The summed E-state index contributed by atoms with van der Waals surface area (Å²) < 4.78 is 14.0. The van der Waals surface area contributed by atoms with Gasteiger partial charge < -0.3 is 5.32 Å². The first-order valence-corrected chi connectivity index (χ1v) is 6.76. The van der Waals surface area contributed by atoms with Gasteiger partial charge in [0, 0.05) is 17.1 Å². The van der Waals surface area contributed by atoms with Crippen LogP contribution in [0.2, 0.25) is 5.02 Å². The zero-order chi connectivity index (χ0) is 14.7. The van der Waals surface area contributed by atoms with Gasteiger partial charge in [-0.2, -0.15) is 0 Å². The number of benzene rings is 2. The lowest BCUT2D eigenvalue weighted by Gasteiger charge is -2.09. The Balaban J connectivity index is 2.22. The van der Waals surface area contributed by atoms with Crippen LogP contribution in [0.1, 0.15) is 5.56 Å². The molecular weight excluding hydrogens is 351 g/mol. The third-order valence-corrected chi connectivity index (χ3v) is 3.44. The molecule has 2 rings (SSSR count). The second-order valence-electron chi connectivity index (χ2n) is 4.01. The van der Waals surface area contributed by atoms with Gasteiger partial charge in [-0.1, -0.05) is 27.5 Å². The third-order valence-electron chi connectivity index (χ3n) is 2.64. The SMILES string of the molecule is O=[N+]([O-])c1ccc(F)cc1CNc1ccc(Br)cc1Cl. The summed E-state index contributed by atoms with van der Waals surface area (Å²) in [6, 6.07) is 8.57. The van der Waals surface area contributed by atoms with E-state index >= 15 is 0 Å². The van der Waals surface area contributed by atoms with Crippen molar-refractivity contribution in [2.75, 3.05) is 5.32 Å². The fourth-order valence-electron chi connectivity index (χ4n) is 1.70. The maximum Gasteiger partial charge on any atom is 0.274 e. The molecule has 2 aromatic rings. The minimum absolute atomic E-state index is 0.107. The highest BCUT2D eigenvalue weighted by Gasteiger charge is 2.14. The highest BCUT2D eigenvalue weighted by molar-refractivity contribution is 9.10. The first-order valence-electron chi connectivity index (χ1n) is 5.59. The van der Waals surface area contributed by atoms with Crippen LogP contribution in [0.15, 0.2) is 40.9 Å². The molecule has 0 aliphatic rings. The second kappa shape index (κ2) is 6.19. The Kier molecular flexibility index (Phi) is 4.57. The molecule has 0 aliphatic heterocycles. The van der Waals surface area contributed by atoms with Crippen molar-refractivity contribution in [3.05, 3.63) is 67.4 Å². The fraction of sp³-hybridized carbons (Fsp3) is 0.0769. The molecule has 104 valence electrons. The zero-order valence-electron chi connectivity index (χ0n) is 10.1. The minimum Gasteiger partial charge on any atom is -0.379 e. The number of hydrogen-bond acceptors (Lipinski definition) is 3. The molecule has 0 heterocycles. The van der Waals surface area contributed by atoms with Crippen molar-refractivity contribution in [1.29, 1.82) is 0 Å². The number of nitrogens with zero attached hydrogens (tertiary/aromatic N) is 1. The van der Waals surface area contributed by atoms with Crippen LogP contribution in [0.3, 0.4) is 0 Å². The number of anilines is 1. The van der Waals surface area contributed by atoms with Crippen LogP contribution < -0.4 is 5.32 Å². The van der Waals surface area contributed by atoms with Crippen LogP contribution in [-0.4, -0.2) is 4.92 Å². The summed E-state index contributed by atoms with van der Waals surface area (Å²) in [6.45, 7) is 0.107. The van der Waals surface area contributed by atoms with E-state index in [1.165, 1.54) is 0 Å². The predicted octanol–water partition coefficient (Wildman–Crippen LogP) is 4.76. The Hall–Kier alpha value is -1.66. The molecule has 0 amide bonds. The van der Waals surface area contributed by atoms with Gasteiger partial charge in [0.05, 0.1) is 21.2 Å². The summed E-state index contributed by atoms with van der Waals surface area (Å²) in [5.41, 5.74) is 0.745. The van der Waals surface area contributed by atoms with E-state index in [4.69, 9.17) is 11.6 Å². The van der Waals surface area contributed by atoms with Crippen molar-refractivity contribution < 1.29 is 9.31 Å². The lowest BCUT2D eigenvalue weighted by atomic mass is 10.1. The fourth-order valence-corrected chi connectivity index (χ4v) is 2.44. The largest absolute Gasteiger partial charge is 0.379 e. The molecule has 4 nitrogen and oxygen atoms in total. The molecule has 0 saturated carbocycles. The molecule has 0 aromatic heterocycles. The first kappa shape index (κ1) is 14.7. The number of nitro groups is 1. The molecule has 0 aliphatic carbocycles. The van der Waals surface area contributed by atoms with E-state index in [0.717, 1.165) is 22.7 Å². The lowest BCUT2D eigenvalue weighted by Crippen LogP contribution is -2.04. The predicted molar refractivity (Wildman–Crippen MR) is 79.5 cm³/mol. The van der Waals surface area contributed by atoms with Crippen LogP contribution >= 0.6 is 27.5 Å². The molecule has 0 bridgehead atoms. The van der Waals surface area contributed by atoms with Gasteiger partial charge in [0.2, 0.25) is 0 Å². The average Bonchev–Trinajstić information content (AvgIpc) is 2.37. The highest BCUT2D eigenvalue weighted by Crippen LogP contribution is 2.27. The van der Waals surface area contributed by atoms with Crippen LogP contribution in [0.5, 0.6) is 0 Å². The molecule has 7 heteroatoms. The quantitative estimate of drug-likeness (QED) is 0.632. The van der Waals surface area contributed by atoms with Crippen molar-refractivity contribution in [2.45, 2.75) is 6.54 Å². The van der Waals surface area contributed by atoms with Crippen molar-refractivity contribution in [1.82, 2.24) is 0 Å². The molecule has 0 unspecified atom stereocenters.